The fourth-order valence-corrected chi connectivity index (χ4v) is 5.71. The van der Waals surface area contributed by atoms with E-state index in [1.54, 1.807) is 17.9 Å². The maximum Gasteiger partial charge on any atom is 0.232 e. The summed E-state index contributed by atoms with van der Waals surface area (Å²) in [6.07, 6.45) is 5.99. The molecule has 1 aromatic carbocycles. The number of rotatable bonds is 6. The quantitative estimate of drug-likeness (QED) is 0.421. The number of methoxy groups -OCH3 is 1. The van der Waals surface area contributed by atoms with Crippen molar-refractivity contribution in [3.05, 3.63) is 47.9 Å². The molecule has 3 aromatic heterocycles. The summed E-state index contributed by atoms with van der Waals surface area (Å²) in [4.78, 5) is 29.3. The van der Waals surface area contributed by atoms with Gasteiger partial charge in [-0.1, -0.05) is 23.7 Å². The summed E-state index contributed by atoms with van der Waals surface area (Å²) in [7, 11) is 7.57. The van der Waals surface area contributed by atoms with Gasteiger partial charge in [-0.3, -0.25) is 9.48 Å². The van der Waals surface area contributed by atoms with Gasteiger partial charge in [0.05, 0.1) is 18.0 Å². The van der Waals surface area contributed by atoms with Crippen LogP contribution in [0.3, 0.4) is 0 Å². The van der Waals surface area contributed by atoms with Crippen LogP contribution in [0.5, 0.6) is 5.75 Å². The molecule has 184 valence electrons. The van der Waals surface area contributed by atoms with E-state index < -0.39 is 0 Å². The van der Waals surface area contributed by atoms with E-state index in [9.17, 15) is 4.79 Å². The molecule has 7 rings (SSSR count). The third-order valence-corrected chi connectivity index (χ3v) is 7.91. The number of fused-ring (bicyclic) bond motifs is 1. The predicted molar refractivity (Wildman–Crippen MR) is 138 cm³/mol. The Labute approximate surface area is 213 Å². The van der Waals surface area contributed by atoms with E-state index in [-0.39, 0.29) is 16.9 Å². The zero-order valence-corrected chi connectivity index (χ0v) is 21.3. The lowest BCUT2D eigenvalue weighted by atomic mass is 9.38. The average molecular weight is 504 g/mol. The summed E-state index contributed by atoms with van der Waals surface area (Å²) in [5.41, 5.74) is 4.08. The molecule has 3 aliphatic carbocycles. The molecule has 36 heavy (non-hydrogen) atoms. The van der Waals surface area contributed by atoms with Gasteiger partial charge in [-0.15, -0.1) is 0 Å². The number of aromatic nitrogens is 5. The molecule has 0 unspecified atom stereocenters. The average Bonchev–Trinajstić information content (AvgIpc) is 3.18. The van der Waals surface area contributed by atoms with Gasteiger partial charge in [-0.25, -0.2) is 15.0 Å². The lowest BCUT2D eigenvalue weighted by Crippen LogP contribution is -2.76. The molecule has 3 aliphatic rings. The zero-order valence-electron chi connectivity index (χ0n) is 20.5. The predicted octanol–water partition coefficient (Wildman–Crippen LogP) is 4.18. The van der Waals surface area contributed by atoms with Crippen molar-refractivity contribution < 1.29 is 9.53 Å². The molecular weight excluding hydrogens is 478 g/mol. The van der Waals surface area contributed by atoms with E-state index in [0.717, 1.165) is 36.1 Å². The minimum atomic E-state index is -0.326. The van der Waals surface area contributed by atoms with Crippen LogP contribution in [0.25, 0.3) is 33.5 Å². The Bertz CT molecular complexity index is 1490. The number of carbonyl (C=O) groups is 1. The number of ether oxygens (including phenoxy) is 1. The monoisotopic (exact) mass is 503 g/mol. The molecule has 0 spiro atoms. The molecule has 2 bridgehead atoms. The number of nitrogens with zero attached hydrogens (tertiary/aromatic N) is 6. The molecule has 0 aliphatic heterocycles. The number of halogens is 1. The van der Waals surface area contributed by atoms with Crippen LogP contribution in [-0.4, -0.2) is 62.3 Å². The van der Waals surface area contributed by atoms with Gasteiger partial charge in [0.15, 0.2) is 11.6 Å². The van der Waals surface area contributed by atoms with Crippen molar-refractivity contribution in [1.82, 2.24) is 29.6 Å². The minimum absolute atomic E-state index is 0.0157. The maximum atomic E-state index is 13.3. The molecule has 3 saturated carbocycles. The molecule has 1 amide bonds. The van der Waals surface area contributed by atoms with Crippen LogP contribution in [0, 0.1) is 5.41 Å². The van der Waals surface area contributed by atoms with Crippen molar-refractivity contribution in [2.24, 2.45) is 12.5 Å². The lowest BCUT2D eigenvalue weighted by Gasteiger charge is -2.71. The summed E-state index contributed by atoms with van der Waals surface area (Å²) >= 11 is 6.09. The molecule has 9 nitrogen and oxygen atoms in total. The smallest absolute Gasteiger partial charge is 0.232 e. The normalized spacial score (nSPS) is 22.3. The van der Waals surface area contributed by atoms with E-state index in [4.69, 9.17) is 21.3 Å². The van der Waals surface area contributed by atoms with Gasteiger partial charge in [0.25, 0.3) is 0 Å². The van der Waals surface area contributed by atoms with Crippen LogP contribution >= 0.6 is 11.6 Å². The van der Waals surface area contributed by atoms with E-state index in [1.165, 1.54) is 6.33 Å². The highest BCUT2D eigenvalue weighted by Crippen LogP contribution is 2.69. The molecular formula is C26H26ClN7O2. The van der Waals surface area contributed by atoms with Crippen LogP contribution in [0.4, 0.5) is 5.82 Å². The number of nitrogens with one attached hydrogen (secondary N) is 1. The molecule has 1 N–H and O–H groups in total. The summed E-state index contributed by atoms with van der Waals surface area (Å²) in [5.74, 6) is 0.808. The van der Waals surface area contributed by atoms with Crippen molar-refractivity contribution in [2.45, 2.75) is 24.8 Å². The Balaban J connectivity index is 1.40. The molecule has 0 radical (unpaired) electrons. The fourth-order valence-electron chi connectivity index (χ4n) is 5.58. The molecule has 0 atom stereocenters. The third kappa shape index (κ3) is 3.37. The molecule has 10 heteroatoms. The highest BCUT2D eigenvalue weighted by molar-refractivity contribution is 6.30. The van der Waals surface area contributed by atoms with E-state index in [0.29, 0.717) is 33.3 Å². The first-order valence-electron chi connectivity index (χ1n) is 11.7. The summed E-state index contributed by atoms with van der Waals surface area (Å²) in [6.45, 7) is 0. The van der Waals surface area contributed by atoms with Crippen molar-refractivity contribution >= 4 is 34.4 Å². The highest BCUT2D eigenvalue weighted by atomic mass is 35.5. The number of benzene rings is 1. The topological polar surface area (TPSA) is 98.1 Å². The van der Waals surface area contributed by atoms with Crippen LogP contribution in [0.2, 0.25) is 5.02 Å². The number of amides is 1. The minimum Gasteiger partial charge on any atom is -0.493 e. The Hall–Kier alpha value is -3.56. The third-order valence-electron chi connectivity index (χ3n) is 7.66. The molecule has 0 saturated heterocycles. The van der Waals surface area contributed by atoms with Crippen molar-refractivity contribution in [2.75, 3.05) is 26.5 Å². The second-order valence-electron chi connectivity index (χ2n) is 10.1. The standard InChI is InChI=1S/C26H26ClN7O2/c1-33(2)26-11-25(12-26,13-26)24(35)31-23-19(36-4)9-18-22(30-23)21(29-14-28-18)17-10-34(3)32-20(17)15-5-7-16(27)8-6-15/h5-10,14H,11-13H2,1-4H3,(H,30,31,35). The largest absolute Gasteiger partial charge is 0.493 e. The van der Waals surface area contributed by atoms with Crippen LogP contribution < -0.4 is 10.1 Å². The molecule has 3 fully saturated rings. The van der Waals surface area contributed by atoms with E-state index in [2.05, 4.69) is 39.4 Å². The highest BCUT2D eigenvalue weighted by Gasteiger charge is 2.72. The Kier molecular flexibility index (Phi) is 5.07. The molecule has 3 heterocycles. The molecule has 4 aromatic rings. The van der Waals surface area contributed by atoms with Crippen molar-refractivity contribution in [1.29, 1.82) is 0 Å². The number of hydrogen-bond donors (Lipinski definition) is 1. The SMILES string of the molecule is COc1cc2ncnc(-c3cn(C)nc3-c3ccc(Cl)cc3)c2nc1NC(=O)C12CC(N(C)C)(C1)C2. The summed E-state index contributed by atoms with van der Waals surface area (Å²) in [5, 5.41) is 8.36. The second-order valence-corrected chi connectivity index (χ2v) is 10.5. The first-order valence-corrected chi connectivity index (χ1v) is 12.1. The van der Waals surface area contributed by atoms with Crippen LogP contribution in [0.1, 0.15) is 19.3 Å². The summed E-state index contributed by atoms with van der Waals surface area (Å²) < 4.78 is 7.31. The van der Waals surface area contributed by atoms with Gasteiger partial charge < -0.3 is 15.0 Å². The maximum absolute atomic E-state index is 13.3. The number of carbonyl (C=O) groups excluding carboxylic acids is 1. The van der Waals surface area contributed by atoms with Crippen molar-refractivity contribution in [3.8, 4) is 28.3 Å². The van der Waals surface area contributed by atoms with Gasteiger partial charge in [-0.2, -0.15) is 5.10 Å². The first-order chi connectivity index (χ1) is 17.2. The summed E-state index contributed by atoms with van der Waals surface area (Å²) in [6, 6.07) is 9.28. The Morgan fingerprint density at radius 3 is 2.53 bits per heavy atom. The Morgan fingerprint density at radius 1 is 1.14 bits per heavy atom. The second kappa shape index (κ2) is 7.97. The lowest BCUT2D eigenvalue weighted by molar-refractivity contribution is -0.204. The number of anilines is 1. The van der Waals surface area contributed by atoms with Gasteiger partial charge in [-0.05, 0) is 45.5 Å². The zero-order chi connectivity index (χ0) is 25.2. The van der Waals surface area contributed by atoms with Gasteiger partial charge in [0.2, 0.25) is 5.91 Å². The van der Waals surface area contributed by atoms with E-state index >= 15 is 0 Å². The fraction of sp³-hybridized carbons (Fsp3) is 0.346. The number of hydrogen-bond acceptors (Lipinski definition) is 7. The van der Waals surface area contributed by atoms with Gasteiger partial charge in [0, 0.05) is 41.0 Å². The first kappa shape index (κ1) is 22.9. The Morgan fingerprint density at radius 2 is 1.86 bits per heavy atom. The van der Waals surface area contributed by atoms with E-state index in [1.807, 2.05) is 37.5 Å². The van der Waals surface area contributed by atoms with Crippen LogP contribution in [-0.2, 0) is 11.8 Å². The number of aryl methyl sites for hydroxylation is 1. The van der Waals surface area contributed by atoms with Gasteiger partial charge in [0.1, 0.15) is 23.2 Å². The number of pyridine rings is 1. The van der Waals surface area contributed by atoms with Crippen LogP contribution in [0.15, 0.2) is 42.9 Å². The van der Waals surface area contributed by atoms with Gasteiger partial charge >= 0.3 is 0 Å². The van der Waals surface area contributed by atoms with Crippen molar-refractivity contribution in [3.63, 3.8) is 0 Å².